The molecule has 0 spiro atoms. The number of carboxylic acids is 1. The number of pyridine rings is 1. The number of aliphatic carboxylic acids is 1. The van der Waals surface area contributed by atoms with Gasteiger partial charge in [0, 0.05) is 12.7 Å². The number of nitrogens with zero attached hydrogens (tertiary/aromatic N) is 3. The van der Waals surface area contributed by atoms with Gasteiger partial charge in [-0.1, -0.05) is 6.92 Å². The minimum atomic E-state index is -0.792. The van der Waals surface area contributed by atoms with E-state index in [1.54, 1.807) is 12.4 Å². The van der Waals surface area contributed by atoms with Crippen LogP contribution in [0.15, 0.2) is 18.5 Å². The fourth-order valence-electron chi connectivity index (χ4n) is 1.84. The van der Waals surface area contributed by atoms with Gasteiger partial charge in [-0.05, 0) is 12.5 Å². The first-order chi connectivity index (χ1) is 8.72. The number of aryl methyl sites for hydroxylation is 1. The highest BCUT2D eigenvalue weighted by Gasteiger charge is 2.10. The van der Waals surface area contributed by atoms with Crippen molar-refractivity contribution < 1.29 is 9.90 Å². The number of thioether (sulfide) groups is 1. The molecule has 0 saturated heterocycles. The summed E-state index contributed by atoms with van der Waals surface area (Å²) in [4.78, 5) is 19.1. The number of carboxylic acid groups (broad SMARTS) is 1. The van der Waals surface area contributed by atoms with Crippen LogP contribution in [0, 0.1) is 0 Å². The second-order valence-electron chi connectivity index (χ2n) is 3.93. The Balaban J connectivity index is 2.24. The molecular formula is C12H15N3O2S. The van der Waals surface area contributed by atoms with Crippen LogP contribution < -0.4 is 0 Å². The van der Waals surface area contributed by atoms with Gasteiger partial charge in [-0.15, -0.1) is 11.8 Å². The van der Waals surface area contributed by atoms with Gasteiger partial charge >= 0.3 is 5.97 Å². The molecule has 1 N–H and O–H groups in total. The second-order valence-corrected chi connectivity index (χ2v) is 4.92. The first kappa shape index (κ1) is 12.9. The molecule has 18 heavy (non-hydrogen) atoms. The van der Waals surface area contributed by atoms with Crippen LogP contribution in [0.5, 0.6) is 0 Å². The predicted octanol–water partition coefficient (Wildman–Crippen LogP) is 2.16. The van der Waals surface area contributed by atoms with Crippen LogP contribution in [0.3, 0.4) is 0 Å². The first-order valence-corrected chi connectivity index (χ1v) is 6.96. The molecule has 5 nitrogen and oxygen atoms in total. The summed E-state index contributed by atoms with van der Waals surface area (Å²) in [6, 6.07) is 1.95. The van der Waals surface area contributed by atoms with E-state index in [4.69, 9.17) is 5.11 Å². The molecule has 0 aliphatic heterocycles. The highest BCUT2D eigenvalue weighted by molar-refractivity contribution is 7.99. The maximum atomic E-state index is 10.5. The Kier molecular flexibility index (Phi) is 4.19. The number of carbonyl (C=O) groups is 1. The van der Waals surface area contributed by atoms with E-state index in [1.807, 2.05) is 6.07 Å². The lowest BCUT2D eigenvalue weighted by molar-refractivity contribution is -0.133. The van der Waals surface area contributed by atoms with E-state index in [9.17, 15) is 4.79 Å². The topological polar surface area (TPSA) is 68.0 Å². The molecule has 2 aromatic heterocycles. The van der Waals surface area contributed by atoms with Gasteiger partial charge in [-0.25, -0.2) is 4.98 Å². The van der Waals surface area contributed by atoms with Crippen LogP contribution in [0.2, 0.25) is 0 Å². The zero-order valence-corrected chi connectivity index (χ0v) is 11.0. The minimum absolute atomic E-state index is 0.105. The van der Waals surface area contributed by atoms with Crippen LogP contribution in [0.4, 0.5) is 0 Å². The molecule has 0 aliphatic carbocycles. The molecule has 2 heterocycles. The van der Waals surface area contributed by atoms with Crippen LogP contribution in [0.1, 0.15) is 19.2 Å². The molecule has 0 atom stereocenters. The molecule has 0 amide bonds. The number of aromatic nitrogens is 3. The number of rotatable bonds is 6. The van der Waals surface area contributed by atoms with E-state index in [0.29, 0.717) is 5.75 Å². The minimum Gasteiger partial charge on any atom is -0.481 e. The monoisotopic (exact) mass is 265 g/mol. The standard InChI is InChI=1S/C12H15N3O2S/c1-2-5-15-10-3-4-13-6-9(10)14-11(15)7-18-8-12(16)17/h3-4,6H,2,5,7-8H2,1H3,(H,16,17). The highest BCUT2D eigenvalue weighted by Crippen LogP contribution is 2.19. The molecule has 0 aliphatic rings. The van der Waals surface area contributed by atoms with E-state index < -0.39 is 5.97 Å². The Morgan fingerprint density at radius 2 is 2.39 bits per heavy atom. The third-order valence-electron chi connectivity index (χ3n) is 2.53. The zero-order chi connectivity index (χ0) is 13.0. The van der Waals surface area contributed by atoms with E-state index in [-0.39, 0.29) is 5.75 Å². The van der Waals surface area contributed by atoms with Crippen molar-refractivity contribution in [2.45, 2.75) is 25.6 Å². The Hall–Kier alpha value is -1.56. The lowest BCUT2D eigenvalue weighted by Gasteiger charge is -2.06. The largest absolute Gasteiger partial charge is 0.481 e. The van der Waals surface area contributed by atoms with Gasteiger partial charge in [0.2, 0.25) is 0 Å². The lowest BCUT2D eigenvalue weighted by atomic mass is 10.4. The molecule has 0 aromatic carbocycles. The predicted molar refractivity (Wildman–Crippen MR) is 71.6 cm³/mol. The van der Waals surface area contributed by atoms with E-state index in [0.717, 1.165) is 29.8 Å². The summed E-state index contributed by atoms with van der Waals surface area (Å²) >= 11 is 1.37. The fourth-order valence-corrected chi connectivity index (χ4v) is 2.52. The Morgan fingerprint density at radius 3 is 3.11 bits per heavy atom. The molecule has 0 radical (unpaired) electrons. The van der Waals surface area contributed by atoms with Gasteiger partial charge in [0.05, 0.1) is 23.2 Å². The van der Waals surface area contributed by atoms with Crippen LogP contribution in [-0.2, 0) is 17.1 Å². The van der Waals surface area contributed by atoms with Crippen molar-refractivity contribution in [3.8, 4) is 0 Å². The van der Waals surface area contributed by atoms with Crippen molar-refractivity contribution in [1.82, 2.24) is 14.5 Å². The van der Waals surface area contributed by atoms with Crippen LogP contribution >= 0.6 is 11.8 Å². The quantitative estimate of drug-likeness (QED) is 0.866. The average Bonchev–Trinajstić information content (AvgIpc) is 2.68. The fraction of sp³-hybridized carbons (Fsp3) is 0.417. The highest BCUT2D eigenvalue weighted by atomic mass is 32.2. The molecule has 0 unspecified atom stereocenters. The third kappa shape index (κ3) is 2.81. The smallest absolute Gasteiger partial charge is 0.313 e. The summed E-state index contributed by atoms with van der Waals surface area (Å²) < 4.78 is 2.14. The van der Waals surface area contributed by atoms with E-state index >= 15 is 0 Å². The molecular weight excluding hydrogens is 250 g/mol. The first-order valence-electron chi connectivity index (χ1n) is 5.81. The van der Waals surface area contributed by atoms with Gasteiger partial charge in [0.15, 0.2) is 0 Å². The molecule has 0 fully saturated rings. The molecule has 2 aromatic rings. The Morgan fingerprint density at radius 1 is 1.56 bits per heavy atom. The van der Waals surface area contributed by atoms with Gasteiger partial charge in [-0.2, -0.15) is 0 Å². The lowest BCUT2D eigenvalue weighted by Crippen LogP contribution is -2.04. The van der Waals surface area contributed by atoms with Gasteiger partial charge in [0.1, 0.15) is 11.3 Å². The van der Waals surface area contributed by atoms with Crippen molar-refractivity contribution in [3.05, 3.63) is 24.3 Å². The number of hydrogen-bond acceptors (Lipinski definition) is 4. The summed E-state index contributed by atoms with van der Waals surface area (Å²) in [6.07, 6.45) is 4.52. The van der Waals surface area contributed by atoms with Crippen LogP contribution in [0.25, 0.3) is 11.0 Å². The average molecular weight is 265 g/mol. The summed E-state index contributed by atoms with van der Waals surface area (Å²) in [6.45, 7) is 3.00. The number of fused-ring (bicyclic) bond motifs is 1. The van der Waals surface area contributed by atoms with Crippen molar-refractivity contribution in [1.29, 1.82) is 0 Å². The molecule has 6 heteroatoms. The number of hydrogen-bond donors (Lipinski definition) is 1. The van der Waals surface area contributed by atoms with Crippen molar-refractivity contribution >= 4 is 28.8 Å². The molecule has 0 saturated carbocycles. The van der Waals surface area contributed by atoms with Crippen molar-refractivity contribution in [2.75, 3.05) is 5.75 Å². The number of imidazole rings is 1. The van der Waals surface area contributed by atoms with Crippen molar-refractivity contribution in [2.24, 2.45) is 0 Å². The SMILES string of the molecule is CCCn1c(CSCC(=O)O)nc2cnccc21. The molecule has 2 rings (SSSR count). The van der Waals surface area contributed by atoms with E-state index in [2.05, 4.69) is 21.5 Å². The summed E-state index contributed by atoms with van der Waals surface area (Å²) in [5.41, 5.74) is 1.94. The van der Waals surface area contributed by atoms with Gasteiger partial charge < -0.3 is 9.67 Å². The summed E-state index contributed by atoms with van der Waals surface area (Å²) in [5.74, 6) is 0.847. The third-order valence-corrected chi connectivity index (χ3v) is 3.45. The summed E-state index contributed by atoms with van der Waals surface area (Å²) in [5, 5.41) is 8.65. The molecule has 0 bridgehead atoms. The molecule has 96 valence electrons. The second kappa shape index (κ2) is 5.86. The van der Waals surface area contributed by atoms with Gasteiger partial charge in [-0.3, -0.25) is 9.78 Å². The normalized spacial score (nSPS) is 10.9. The Labute approximate surface area is 109 Å². The van der Waals surface area contributed by atoms with E-state index in [1.165, 1.54) is 11.8 Å². The maximum absolute atomic E-state index is 10.5. The van der Waals surface area contributed by atoms with Crippen molar-refractivity contribution in [3.63, 3.8) is 0 Å². The Bertz CT molecular complexity index is 553. The maximum Gasteiger partial charge on any atom is 0.313 e. The van der Waals surface area contributed by atoms with Crippen LogP contribution in [-0.4, -0.2) is 31.4 Å². The zero-order valence-electron chi connectivity index (χ0n) is 10.2. The van der Waals surface area contributed by atoms with Gasteiger partial charge in [0.25, 0.3) is 0 Å². The summed E-state index contributed by atoms with van der Waals surface area (Å²) in [7, 11) is 0.